The van der Waals surface area contributed by atoms with Crippen molar-refractivity contribution in [1.82, 2.24) is 19.6 Å². The lowest BCUT2D eigenvalue weighted by Gasteiger charge is -2.33. The van der Waals surface area contributed by atoms with Gasteiger partial charge < -0.3 is 14.1 Å². The molecular formula is C18H24N4O3. The van der Waals surface area contributed by atoms with E-state index in [0.29, 0.717) is 6.61 Å². The van der Waals surface area contributed by atoms with E-state index in [1.807, 2.05) is 34.0 Å². The van der Waals surface area contributed by atoms with Crippen molar-refractivity contribution in [3.8, 4) is 0 Å². The molecule has 1 fully saturated rings. The van der Waals surface area contributed by atoms with E-state index >= 15 is 0 Å². The number of likely N-dealkylation sites (tertiary alicyclic amines) is 1. The fourth-order valence-corrected chi connectivity index (χ4v) is 3.67. The Kier molecular flexibility index (Phi) is 4.85. The molecule has 1 amide bonds. The number of rotatable bonds is 6. The van der Waals surface area contributed by atoms with Gasteiger partial charge in [-0.3, -0.25) is 14.4 Å². The van der Waals surface area contributed by atoms with Gasteiger partial charge in [0.25, 0.3) is 0 Å². The van der Waals surface area contributed by atoms with E-state index in [1.165, 1.54) is 0 Å². The van der Waals surface area contributed by atoms with Crippen LogP contribution in [0.3, 0.4) is 0 Å². The molecule has 25 heavy (non-hydrogen) atoms. The Balaban J connectivity index is 1.34. The normalized spacial score (nSPS) is 20.8. The Bertz CT molecular complexity index is 691. The number of carbonyl (C=O) groups excluding carboxylic acids is 1. The summed E-state index contributed by atoms with van der Waals surface area (Å²) in [7, 11) is 0. The van der Waals surface area contributed by atoms with Crippen LogP contribution in [0, 0.1) is 0 Å². The zero-order valence-corrected chi connectivity index (χ0v) is 14.3. The molecule has 2 aromatic heterocycles. The highest BCUT2D eigenvalue weighted by atomic mass is 16.5. The number of ether oxygens (including phenoxy) is 1. The summed E-state index contributed by atoms with van der Waals surface area (Å²) in [4.78, 5) is 16.3. The summed E-state index contributed by atoms with van der Waals surface area (Å²) in [6.45, 7) is 4.81. The first kappa shape index (κ1) is 16.4. The second-order valence-electron chi connectivity index (χ2n) is 6.77. The molecule has 134 valence electrons. The van der Waals surface area contributed by atoms with E-state index in [0.717, 1.165) is 57.0 Å². The van der Waals surface area contributed by atoms with Crippen LogP contribution in [0.2, 0.25) is 0 Å². The molecule has 0 aromatic carbocycles. The van der Waals surface area contributed by atoms with E-state index in [2.05, 4.69) is 10.00 Å². The van der Waals surface area contributed by atoms with Crippen molar-refractivity contribution in [3.05, 3.63) is 42.1 Å². The number of hydrogen-bond donors (Lipinski definition) is 0. The van der Waals surface area contributed by atoms with Crippen molar-refractivity contribution in [2.45, 2.75) is 32.0 Å². The van der Waals surface area contributed by atoms with Gasteiger partial charge in [-0.1, -0.05) is 0 Å². The van der Waals surface area contributed by atoms with E-state index in [9.17, 15) is 4.79 Å². The quantitative estimate of drug-likeness (QED) is 0.798. The lowest BCUT2D eigenvalue weighted by molar-refractivity contribution is -0.135. The predicted octanol–water partition coefficient (Wildman–Crippen LogP) is 1.67. The fraction of sp³-hybridized carbons (Fsp3) is 0.556. The second-order valence-corrected chi connectivity index (χ2v) is 6.77. The number of carbonyl (C=O) groups is 1. The fourth-order valence-electron chi connectivity index (χ4n) is 3.67. The average Bonchev–Trinajstić information content (AvgIpc) is 3.36. The summed E-state index contributed by atoms with van der Waals surface area (Å²) >= 11 is 0. The van der Waals surface area contributed by atoms with Gasteiger partial charge in [0.15, 0.2) is 0 Å². The first-order valence-electron chi connectivity index (χ1n) is 8.92. The van der Waals surface area contributed by atoms with Gasteiger partial charge >= 0.3 is 0 Å². The van der Waals surface area contributed by atoms with E-state index < -0.39 is 0 Å². The van der Waals surface area contributed by atoms with Gasteiger partial charge in [-0.15, -0.1) is 0 Å². The van der Waals surface area contributed by atoms with Crippen LogP contribution in [0.25, 0.3) is 0 Å². The molecule has 7 heteroatoms. The molecule has 4 heterocycles. The Morgan fingerprint density at radius 3 is 3.00 bits per heavy atom. The summed E-state index contributed by atoms with van der Waals surface area (Å²) in [5, 5.41) is 4.44. The standard InChI is InChI=1S/C18H24N4O3/c23-18(21-7-1-2-8-21)14-24-13-16-11-20(12-17-4-3-9-25-17)10-15-5-6-19-22(15)16/h3-6,9,16H,1-2,7-8,10-14H2. The smallest absolute Gasteiger partial charge is 0.248 e. The maximum Gasteiger partial charge on any atom is 0.248 e. The van der Waals surface area contributed by atoms with Crippen LogP contribution in [0.1, 0.15) is 30.3 Å². The number of furan rings is 1. The Labute approximate surface area is 147 Å². The molecule has 2 aliphatic rings. The summed E-state index contributed by atoms with van der Waals surface area (Å²) in [5.74, 6) is 1.05. The van der Waals surface area contributed by atoms with Crippen LogP contribution in [0.4, 0.5) is 0 Å². The number of amides is 1. The zero-order valence-electron chi connectivity index (χ0n) is 14.3. The molecular weight excluding hydrogens is 320 g/mol. The molecule has 2 aliphatic heterocycles. The molecule has 0 bridgehead atoms. The summed E-state index contributed by atoms with van der Waals surface area (Å²) in [6, 6.07) is 6.05. The lowest BCUT2D eigenvalue weighted by Crippen LogP contribution is -2.40. The van der Waals surface area contributed by atoms with Crippen molar-refractivity contribution in [2.75, 3.05) is 32.8 Å². The number of hydrogen-bond acceptors (Lipinski definition) is 5. The van der Waals surface area contributed by atoms with Crippen LogP contribution in [-0.4, -0.2) is 58.3 Å². The largest absolute Gasteiger partial charge is 0.468 e. The van der Waals surface area contributed by atoms with Crippen LogP contribution in [0.5, 0.6) is 0 Å². The summed E-state index contributed by atoms with van der Waals surface area (Å²) in [6.07, 6.45) is 5.74. The number of fused-ring (bicyclic) bond motifs is 1. The molecule has 0 radical (unpaired) electrons. The van der Waals surface area contributed by atoms with Gasteiger partial charge in [0.1, 0.15) is 12.4 Å². The maximum atomic E-state index is 12.1. The van der Waals surface area contributed by atoms with Crippen LogP contribution >= 0.6 is 0 Å². The minimum Gasteiger partial charge on any atom is -0.468 e. The van der Waals surface area contributed by atoms with Crippen molar-refractivity contribution in [2.24, 2.45) is 0 Å². The minimum absolute atomic E-state index is 0.0986. The van der Waals surface area contributed by atoms with Crippen LogP contribution in [-0.2, 0) is 22.6 Å². The van der Waals surface area contributed by atoms with Gasteiger partial charge in [-0.2, -0.15) is 5.10 Å². The molecule has 0 saturated carbocycles. The molecule has 0 N–H and O–H groups in total. The molecule has 4 rings (SSSR count). The van der Waals surface area contributed by atoms with Gasteiger partial charge in [-0.25, -0.2) is 0 Å². The zero-order chi connectivity index (χ0) is 17.1. The Morgan fingerprint density at radius 1 is 1.32 bits per heavy atom. The first-order chi connectivity index (χ1) is 12.3. The molecule has 1 unspecified atom stereocenters. The van der Waals surface area contributed by atoms with Crippen molar-refractivity contribution >= 4 is 5.91 Å². The average molecular weight is 344 g/mol. The molecule has 2 aromatic rings. The topological polar surface area (TPSA) is 63.7 Å². The van der Waals surface area contributed by atoms with E-state index in [4.69, 9.17) is 9.15 Å². The third-order valence-electron chi connectivity index (χ3n) is 4.91. The number of aromatic nitrogens is 2. The third kappa shape index (κ3) is 3.77. The second kappa shape index (κ2) is 7.41. The van der Waals surface area contributed by atoms with Crippen molar-refractivity contribution < 1.29 is 13.9 Å². The molecule has 0 aliphatic carbocycles. The number of nitrogens with zero attached hydrogens (tertiary/aromatic N) is 4. The highest BCUT2D eigenvalue weighted by Gasteiger charge is 2.27. The first-order valence-corrected chi connectivity index (χ1v) is 8.92. The van der Waals surface area contributed by atoms with Gasteiger partial charge in [0.05, 0.1) is 31.2 Å². The molecule has 1 atom stereocenters. The minimum atomic E-state index is 0.0986. The van der Waals surface area contributed by atoms with Gasteiger partial charge in [0.2, 0.25) is 5.91 Å². The van der Waals surface area contributed by atoms with Gasteiger partial charge in [-0.05, 0) is 31.0 Å². The Hall–Kier alpha value is -2.12. The van der Waals surface area contributed by atoms with Crippen molar-refractivity contribution in [1.29, 1.82) is 0 Å². The van der Waals surface area contributed by atoms with Crippen molar-refractivity contribution in [3.63, 3.8) is 0 Å². The Morgan fingerprint density at radius 2 is 2.20 bits per heavy atom. The highest BCUT2D eigenvalue weighted by molar-refractivity contribution is 5.77. The summed E-state index contributed by atoms with van der Waals surface area (Å²) < 4.78 is 13.2. The maximum absolute atomic E-state index is 12.1. The third-order valence-corrected chi connectivity index (χ3v) is 4.91. The van der Waals surface area contributed by atoms with E-state index in [1.54, 1.807) is 6.26 Å². The van der Waals surface area contributed by atoms with E-state index in [-0.39, 0.29) is 18.6 Å². The SMILES string of the molecule is O=C(COCC1CN(Cc2ccco2)Cc2ccnn21)N1CCCC1. The van der Waals surface area contributed by atoms with Gasteiger partial charge in [0, 0.05) is 32.4 Å². The molecule has 1 saturated heterocycles. The molecule has 7 nitrogen and oxygen atoms in total. The monoisotopic (exact) mass is 344 g/mol. The van der Waals surface area contributed by atoms with Crippen LogP contribution < -0.4 is 0 Å². The molecule has 0 spiro atoms. The summed E-state index contributed by atoms with van der Waals surface area (Å²) in [5.41, 5.74) is 1.16. The predicted molar refractivity (Wildman–Crippen MR) is 90.7 cm³/mol. The lowest BCUT2D eigenvalue weighted by atomic mass is 10.2. The van der Waals surface area contributed by atoms with Crippen LogP contribution in [0.15, 0.2) is 35.1 Å². The highest BCUT2D eigenvalue weighted by Crippen LogP contribution is 2.22.